The highest BCUT2D eigenvalue weighted by Gasteiger charge is 2.11. The molecule has 1 unspecified atom stereocenters. The van der Waals surface area contributed by atoms with E-state index >= 15 is 0 Å². The lowest BCUT2D eigenvalue weighted by molar-refractivity contribution is -0.122. The highest BCUT2D eigenvalue weighted by Crippen LogP contribution is 1.97. The van der Waals surface area contributed by atoms with Gasteiger partial charge in [0, 0.05) is 38.7 Å². The molecular weight excluding hydrogens is 278 g/mol. The van der Waals surface area contributed by atoms with Crippen molar-refractivity contribution < 1.29 is 9.90 Å². The van der Waals surface area contributed by atoms with E-state index in [0.29, 0.717) is 18.7 Å². The number of thioether (sulfide) groups is 1. The second-order valence-corrected chi connectivity index (χ2v) is 5.35. The molecule has 0 heterocycles. The minimum absolute atomic E-state index is 0.118. The maximum atomic E-state index is 11.7. The van der Waals surface area contributed by atoms with Gasteiger partial charge in [-0.15, -0.1) is 0 Å². The number of amides is 1. The molecule has 6 N–H and O–H groups in total. The Hall–Kier alpha value is -0.990. The zero-order valence-corrected chi connectivity index (χ0v) is 13.1. The number of carbonyl (C=O) groups excluding carboxylic acids is 1. The van der Waals surface area contributed by atoms with Crippen LogP contribution in [0.4, 0.5) is 0 Å². The molecule has 7 nitrogen and oxygen atoms in total. The lowest BCUT2D eigenvalue weighted by Crippen LogP contribution is -2.42. The van der Waals surface area contributed by atoms with E-state index in [1.807, 2.05) is 0 Å². The molecule has 0 aliphatic carbocycles. The summed E-state index contributed by atoms with van der Waals surface area (Å²) in [7, 11) is 3.50. The van der Waals surface area contributed by atoms with Crippen molar-refractivity contribution in [3.8, 4) is 0 Å². The lowest BCUT2D eigenvalue weighted by Gasteiger charge is -2.13. The number of hydrogen-bond donors (Lipinski definition) is 5. The predicted octanol–water partition coefficient (Wildman–Crippen LogP) is -1.27. The molecule has 0 fully saturated rings. The van der Waals surface area contributed by atoms with E-state index in [9.17, 15) is 4.79 Å². The fourth-order valence-electron chi connectivity index (χ4n) is 1.48. The summed E-state index contributed by atoms with van der Waals surface area (Å²) in [6.45, 7) is 1.48. The van der Waals surface area contributed by atoms with Gasteiger partial charge in [0.25, 0.3) is 0 Å². The number of nitrogens with zero attached hydrogens (tertiary/aromatic N) is 1. The highest BCUT2D eigenvalue weighted by atomic mass is 32.2. The van der Waals surface area contributed by atoms with Crippen LogP contribution in [0.1, 0.15) is 12.8 Å². The van der Waals surface area contributed by atoms with Crippen LogP contribution in [-0.2, 0) is 4.79 Å². The Morgan fingerprint density at radius 2 is 2.10 bits per heavy atom. The van der Waals surface area contributed by atoms with Gasteiger partial charge in [-0.05, 0) is 12.8 Å². The molecular formula is C12H27N5O2S. The first kappa shape index (κ1) is 19.0. The van der Waals surface area contributed by atoms with E-state index in [2.05, 4.69) is 20.9 Å². The molecule has 0 aromatic carbocycles. The van der Waals surface area contributed by atoms with Gasteiger partial charge in [0.1, 0.15) is 0 Å². The Balaban J connectivity index is 3.59. The monoisotopic (exact) mass is 305 g/mol. The molecule has 0 aliphatic rings. The summed E-state index contributed by atoms with van der Waals surface area (Å²) in [5.74, 6) is 2.09. The zero-order chi connectivity index (χ0) is 15.2. The minimum Gasteiger partial charge on any atom is -0.396 e. The highest BCUT2D eigenvalue weighted by molar-refractivity contribution is 7.99. The van der Waals surface area contributed by atoms with E-state index in [1.54, 1.807) is 25.9 Å². The predicted molar refractivity (Wildman–Crippen MR) is 85.1 cm³/mol. The van der Waals surface area contributed by atoms with Crippen molar-refractivity contribution in [2.45, 2.75) is 18.9 Å². The molecule has 0 rings (SSSR count). The summed E-state index contributed by atoms with van der Waals surface area (Å²) in [4.78, 5) is 15.7. The summed E-state index contributed by atoms with van der Waals surface area (Å²) < 4.78 is 0. The average molecular weight is 305 g/mol. The van der Waals surface area contributed by atoms with Crippen LogP contribution >= 0.6 is 11.8 Å². The van der Waals surface area contributed by atoms with Gasteiger partial charge >= 0.3 is 0 Å². The summed E-state index contributed by atoms with van der Waals surface area (Å²) in [6, 6.07) is -0.476. The number of aliphatic hydroxyl groups excluding tert-OH is 1. The van der Waals surface area contributed by atoms with Gasteiger partial charge in [-0.1, -0.05) is 0 Å². The molecule has 0 bridgehead atoms. The molecule has 0 aromatic rings. The van der Waals surface area contributed by atoms with Crippen molar-refractivity contribution in [2.24, 2.45) is 10.7 Å². The molecule has 118 valence electrons. The normalized spacial score (nSPS) is 12.9. The van der Waals surface area contributed by atoms with E-state index in [4.69, 9.17) is 10.8 Å². The molecule has 20 heavy (non-hydrogen) atoms. The van der Waals surface area contributed by atoms with Crippen molar-refractivity contribution in [1.82, 2.24) is 16.0 Å². The first-order valence-corrected chi connectivity index (χ1v) is 7.91. The Morgan fingerprint density at radius 1 is 1.35 bits per heavy atom. The first-order chi connectivity index (χ1) is 9.65. The van der Waals surface area contributed by atoms with Gasteiger partial charge < -0.3 is 26.8 Å². The smallest absolute Gasteiger partial charge is 0.236 e. The topological polar surface area (TPSA) is 112 Å². The maximum absolute atomic E-state index is 11.7. The van der Waals surface area contributed by atoms with E-state index < -0.39 is 6.04 Å². The van der Waals surface area contributed by atoms with Crippen molar-refractivity contribution in [3.63, 3.8) is 0 Å². The quantitative estimate of drug-likeness (QED) is 0.195. The number of guanidine groups is 1. The molecule has 0 saturated heterocycles. The van der Waals surface area contributed by atoms with Crippen molar-refractivity contribution in [3.05, 3.63) is 0 Å². The van der Waals surface area contributed by atoms with Gasteiger partial charge in [0.2, 0.25) is 5.91 Å². The third-order valence-corrected chi connectivity index (χ3v) is 3.53. The zero-order valence-electron chi connectivity index (χ0n) is 12.3. The van der Waals surface area contributed by atoms with Crippen LogP contribution in [0.2, 0.25) is 0 Å². The van der Waals surface area contributed by atoms with E-state index in [-0.39, 0.29) is 12.5 Å². The number of rotatable bonds is 10. The number of nitrogens with two attached hydrogens (primary N) is 1. The largest absolute Gasteiger partial charge is 0.396 e. The lowest BCUT2D eigenvalue weighted by atomic mass is 10.1. The Kier molecular flexibility index (Phi) is 12.4. The van der Waals surface area contributed by atoms with Crippen molar-refractivity contribution in [2.75, 3.05) is 45.3 Å². The average Bonchev–Trinajstić information content (AvgIpc) is 2.46. The first-order valence-electron chi connectivity index (χ1n) is 6.76. The maximum Gasteiger partial charge on any atom is 0.236 e. The molecule has 0 aromatic heterocycles. The summed E-state index contributed by atoms with van der Waals surface area (Å²) >= 11 is 1.60. The molecule has 0 saturated carbocycles. The Labute approximate surface area is 125 Å². The fourth-order valence-corrected chi connectivity index (χ4v) is 2.06. The molecule has 0 radical (unpaired) electrons. The number of hydrogen-bond acceptors (Lipinski definition) is 5. The van der Waals surface area contributed by atoms with E-state index in [1.165, 1.54) is 0 Å². The molecule has 1 amide bonds. The Morgan fingerprint density at radius 3 is 2.70 bits per heavy atom. The second kappa shape index (κ2) is 13.0. The summed E-state index contributed by atoms with van der Waals surface area (Å²) in [5.41, 5.74) is 5.81. The molecule has 0 spiro atoms. The standard InChI is InChI=1S/C12H27N5O2S/c1-14-12(15-2)17-5-3-4-10(13)11(19)16-6-8-20-9-7-18/h10,18H,3-9,13H2,1-2H3,(H,16,19)(H2,14,15,17). The van der Waals surface area contributed by atoms with Crippen molar-refractivity contribution >= 4 is 23.6 Å². The summed E-state index contributed by atoms with van der Waals surface area (Å²) in [6.07, 6.45) is 1.43. The number of aliphatic imine (C=N–C) groups is 1. The van der Waals surface area contributed by atoms with Crippen LogP contribution in [0, 0.1) is 0 Å². The van der Waals surface area contributed by atoms with Gasteiger partial charge in [-0.25, -0.2) is 0 Å². The van der Waals surface area contributed by atoms with Crippen LogP contribution < -0.4 is 21.7 Å². The fraction of sp³-hybridized carbons (Fsp3) is 0.833. The van der Waals surface area contributed by atoms with Crippen LogP contribution in [0.3, 0.4) is 0 Å². The van der Waals surface area contributed by atoms with Crippen LogP contribution in [0.25, 0.3) is 0 Å². The SMILES string of the molecule is CN=C(NC)NCCCC(N)C(=O)NCCSCCO. The van der Waals surface area contributed by atoms with Gasteiger partial charge in [0.05, 0.1) is 12.6 Å². The Bertz CT molecular complexity index is 289. The van der Waals surface area contributed by atoms with Crippen LogP contribution in [-0.4, -0.2) is 68.3 Å². The van der Waals surface area contributed by atoms with Gasteiger partial charge in [-0.2, -0.15) is 11.8 Å². The molecule has 0 aliphatic heterocycles. The van der Waals surface area contributed by atoms with E-state index in [0.717, 1.165) is 24.7 Å². The third kappa shape index (κ3) is 9.88. The number of aliphatic hydroxyl groups is 1. The minimum atomic E-state index is -0.476. The van der Waals surface area contributed by atoms with Crippen LogP contribution in [0.15, 0.2) is 4.99 Å². The van der Waals surface area contributed by atoms with Crippen LogP contribution in [0.5, 0.6) is 0 Å². The van der Waals surface area contributed by atoms with Crippen molar-refractivity contribution in [1.29, 1.82) is 0 Å². The number of carbonyl (C=O) groups is 1. The van der Waals surface area contributed by atoms with Gasteiger partial charge in [-0.3, -0.25) is 9.79 Å². The molecule has 1 atom stereocenters. The van der Waals surface area contributed by atoms with Gasteiger partial charge in [0.15, 0.2) is 5.96 Å². The third-order valence-electron chi connectivity index (χ3n) is 2.56. The second-order valence-electron chi connectivity index (χ2n) is 4.12. The molecule has 8 heteroatoms. The number of nitrogens with one attached hydrogen (secondary N) is 3. The summed E-state index contributed by atoms with van der Waals surface area (Å²) in [5, 5.41) is 17.4.